The molecule has 104 valence electrons. The van der Waals surface area contributed by atoms with Gasteiger partial charge in [0.15, 0.2) is 0 Å². The fraction of sp³-hybridized carbons (Fsp3) is 0.538. The molecule has 1 aromatic carbocycles. The second kappa shape index (κ2) is 5.22. The summed E-state index contributed by atoms with van der Waals surface area (Å²) >= 11 is 0. The molecule has 0 bridgehead atoms. The lowest BCUT2D eigenvalue weighted by Gasteiger charge is -2.36. The van der Waals surface area contributed by atoms with Crippen molar-refractivity contribution in [2.24, 2.45) is 0 Å². The summed E-state index contributed by atoms with van der Waals surface area (Å²) in [5, 5.41) is 20.7. The number of nitro groups is 1. The maximum Gasteiger partial charge on any atom is 0.305 e. The average molecular weight is 268 g/mol. The number of piperidine rings is 1. The Balaban J connectivity index is 2.15. The predicted octanol–water partition coefficient (Wildman–Crippen LogP) is 2.08. The Labute approximate surface area is 110 Å². The number of β-amino-alcohol motifs (C(OH)–C–C–N with tert-alkyl or cyclic N) is 1. The van der Waals surface area contributed by atoms with Crippen LogP contribution in [-0.4, -0.2) is 33.6 Å². The zero-order valence-electron chi connectivity index (χ0n) is 10.8. The first-order valence-corrected chi connectivity index (χ1v) is 6.25. The summed E-state index contributed by atoms with van der Waals surface area (Å²) in [6, 6.07) is 4.19. The smallest absolute Gasteiger partial charge is 0.305 e. The maximum absolute atomic E-state index is 13.9. The highest BCUT2D eigenvalue weighted by molar-refractivity contribution is 5.36. The van der Waals surface area contributed by atoms with Gasteiger partial charge in [0.05, 0.1) is 10.5 Å². The standard InChI is InChI=1S/C13H17FN2O3/c1-13(17)6-3-7-15(9-13)8-10-4-2-5-11(12(10)14)16(18)19/h2,4-5,17H,3,6-9H2,1H3. The van der Waals surface area contributed by atoms with E-state index in [-0.39, 0.29) is 6.54 Å². The molecule has 1 N–H and O–H groups in total. The van der Waals surface area contributed by atoms with Gasteiger partial charge in [-0.25, -0.2) is 0 Å². The van der Waals surface area contributed by atoms with Crippen molar-refractivity contribution in [1.82, 2.24) is 4.90 Å². The lowest BCUT2D eigenvalue weighted by atomic mass is 9.95. The van der Waals surface area contributed by atoms with E-state index in [4.69, 9.17) is 0 Å². The van der Waals surface area contributed by atoms with Gasteiger partial charge in [-0.3, -0.25) is 15.0 Å². The molecule has 1 aliphatic rings. The highest BCUT2D eigenvalue weighted by Crippen LogP contribution is 2.25. The third kappa shape index (κ3) is 3.27. The Kier molecular flexibility index (Phi) is 3.82. The highest BCUT2D eigenvalue weighted by Gasteiger charge is 2.29. The fourth-order valence-electron chi connectivity index (χ4n) is 2.53. The summed E-state index contributed by atoms with van der Waals surface area (Å²) in [7, 11) is 0. The third-order valence-electron chi connectivity index (χ3n) is 3.40. The van der Waals surface area contributed by atoms with Crippen LogP contribution in [-0.2, 0) is 6.54 Å². The molecular weight excluding hydrogens is 251 g/mol. The summed E-state index contributed by atoms with van der Waals surface area (Å²) in [6.07, 6.45) is 1.56. The number of halogens is 1. The van der Waals surface area contributed by atoms with E-state index in [2.05, 4.69) is 0 Å². The SMILES string of the molecule is CC1(O)CCCN(Cc2cccc([N+](=O)[O-])c2F)C1. The third-order valence-corrected chi connectivity index (χ3v) is 3.40. The van der Waals surface area contributed by atoms with Gasteiger partial charge < -0.3 is 5.11 Å². The number of nitrogens with zero attached hydrogens (tertiary/aromatic N) is 2. The zero-order valence-corrected chi connectivity index (χ0v) is 10.8. The van der Waals surface area contributed by atoms with Crippen molar-refractivity contribution in [2.45, 2.75) is 31.9 Å². The summed E-state index contributed by atoms with van der Waals surface area (Å²) in [4.78, 5) is 11.9. The molecule has 1 unspecified atom stereocenters. The van der Waals surface area contributed by atoms with E-state index < -0.39 is 22.0 Å². The second-order valence-corrected chi connectivity index (χ2v) is 5.32. The minimum atomic E-state index is -0.780. The van der Waals surface area contributed by atoms with Crippen molar-refractivity contribution >= 4 is 5.69 Å². The Morgan fingerprint density at radius 2 is 2.32 bits per heavy atom. The van der Waals surface area contributed by atoms with Crippen molar-refractivity contribution in [3.8, 4) is 0 Å². The molecule has 5 nitrogen and oxygen atoms in total. The van der Waals surface area contributed by atoms with Gasteiger partial charge >= 0.3 is 5.69 Å². The van der Waals surface area contributed by atoms with Crippen LogP contribution in [0.3, 0.4) is 0 Å². The first-order valence-electron chi connectivity index (χ1n) is 6.25. The van der Waals surface area contributed by atoms with Gasteiger partial charge in [0.25, 0.3) is 0 Å². The van der Waals surface area contributed by atoms with Crippen LogP contribution < -0.4 is 0 Å². The topological polar surface area (TPSA) is 66.6 Å². The molecule has 1 saturated heterocycles. The number of likely N-dealkylation sites (tertiary alicyclic amines) is 1. The Morgan fingerprint density at radius 1 is 1.58 bits per heavy atom. The molecule has 1 aromatic rings. The fourth-order valence-corrected chi connectivity index (χ4v) is 2.53. The minimum Gasteiger partial charge on any atom is -0.389 e. The van der Waals surface area contributed by atoms with Crippen LogP contribution in [0.5, 0.6) is 0 Å². The Hall–Kier alpha value is -1.53. The van der Waals surface area contributed by atoms with Gasteiger partial charge in [0.2, 0.25) is 5.82 Å². The number of hydrogen-bond donors (Lipinski definition) is 1. The normalized spacial score (nSPS) is 24.4. The van der Waals surface area contributed by atoms with E-state index in [1.807, 2.05) is 4.90 Å². The first-order chi connectivity index (χ1) is 8.89. The van der Waals surface area contributed by atoms with Crippen LogP contribution in [0.15, 0.2) is 18.2 Å². The minimum absolute atomic E-state index is 0.281. The van der Waals surface area contributed by atoms with Gasteiger partial charge in [-0.2, -0.15) is 4.39 Å². The molecule has 6 heteroatoms. The Bertz CT molecular complexity index is 491. The van der Waals surface area contributed by atoms with Crippen molar-refractivity contribution < 1.29 is 14.4 Å². The number of nitro benzene ring substituents is 1. The molecule has 0 saturated carbocycles. The molecule has 2 rings (SSSR count). The van der Waals surface area contributed by atoms with Crippen molar-refractivity contribution in [3.05, 3.63) is 39.7 Å². The molecule has 1 aliphatic heterocycles. The monoisotopic (exact) mass is 268 g/mol. The number of benzene rings is 1. The van der Waals surface area contributed by atoms with Gasteiger partial charge in [-0.15, -0.1) is 0 Å². The van der Waals surface area contributed by atoms with E-state index in [0.717, 1.165) is 25.5 Å². The molecule has 0 spiro atoms. The maximum atomic E-state index is 13.9. The Morgan fingerprint density at radius 3 is 2.95 bits per heavy atom. The molecular formula is C13H17FN2O3. The molecule has 0 radical (unpaired) electrons. The molecule has 0 aromatic heterocycles. The quantitative estimate of drug-likeness (QED) is 0.673. The molecule has 1 heterocycles. The number of rotatable bonds is 3. The molecule has 0 amide bonds. The van der Waals surface area contributed by atoms with Crippen molar-refractivity contribution in [1.29, 1.82) is 0 Å². The summed E-state index contributed by atoms with van der Waals surface area (Å²) in [5.74, 6) is -0.780. The van der Waals surface area contributed by atoms with E-state index in [0.29, 0.717) is 12.1 Å². The van der Waals surface area contributed by atoms with Gasteiger partial charge in [0, 0.05) is 24.7 Å². The van der Waals surface area contributed by atoms with E-state index in [1.165, 1.54) is 6.07 Å². The number of aliphatic hydroxyl groups is 1. The van der Waals surface area contributed by atoms with Crippen LogP contribution in [0, 0.1) is 15.9 Å². The largest absolute Gasteiger partial charge is 0.389 e. The number of hydrogen-bond acceptors (Lipinski definition) is 4. The zero-order chi connectivity index (χ0) is 14.0. The highest BCUT2D eigenvalue weighted by atomic mass is 19.1. The average Bonchev–Trinajstić information content (AvgIpc) is 2.30. The van der Waals surface area contributed by atoms with E-state index >= 15 is 0 Å². The lowest BCUT2D eigenvalue weighted by Crippen LogP contribution is -2.45. The summed E-state index contributed by atoms with van der Waals surface area (Å²) in [6.45, 7) is 3.25. The van der Waals surface area contributed by atoms with Crippen LogP contribution in [0.25, 0.3) is 0 Å². The van der Waals surface area contributed by atoms with Crippen LogP contribution in [0.1, 0.15) is 25.3 Å². The lowest BCUT2D eigenvalue weighted by molar-refractivity contribution is -0.387. The molecule has 0 aliphatic carbocycles. The second-order valence-electron chi connectivity index (χ2n) is 5.32. The molecule has 19 heavy (non-hydrogen) atoms. The predicted molar refractivity (Wildman–Crippen MR) is 68.2 cm³/mol. The van der Waals surface area contributed by atoms with Crippen molar-refractivity contribution in [2.75, 3.05) is 13.1 Å². The van der Waals surface area contributed by atoms with Gasteiger partial charge in [0.1, 0.15) is 0 Å². The van der Waals surface area contributed by atoms with Gasteiger partial charge in [-0.05, 0) is 26.3 Å². The van der Waals surface area contributed by atoms with E-state index in [9.17, 15) is 19.6 Å². The van der Waals surface area contributed by atoms with Crippen molar-refractivity contribution in [3.63, 3.8) is 0 Å². The van der Waals surface area contributed by atoms with Crippen LogP contribution in [0.4, 0.5) is 10.1 Å². The van der Waals surface area contributed by atoms with Crippen LogP contribution in [0.2, 0.25) is 0 Å². The van der Waals surface area contributed by atoms with E-state index in [1.54, 1.807) is 13.0 Å². The van der Waals surface area contributed by atoms with Gasteiger partial charge in [-0.1, -0.05) is 12.1 Å². The van der Waals surface area contributed by atoms with Crippen LogP contribution >= 0.6 is 0 Å². The first kappa shape index (κ1) is 13.9. The summed E-state index contributed by atoms with van der Waals surface area (Å²) < 4.78 is 13.9. The summed E-state index contributed by atoms with van der Waals surface area (Å²) in [5.41, 5.74) is -0.969. The molecule has 1 atom stereocenters. The molecule has 1 fully saturated rings.